The van der Waals surface area contributed by atoms with Crippen molar-refractivity contribution in [1.82, 2.24) is 4.98 Å². The van der Waals surface area contributed by atoms with Gasteiger partial charge in [-0.15, -0.1) is 11.3 Å². The molecule has 0 aliphatic heterocycles. The molecule has 0 fully saturated rings. The van der Waals surface area contributed by atoms with Crippen LogP contribution in [0.4, 0.5) is 0 Å². The van der Waals surface area contributed by atoms with Gasteiger partial charge in [0.05, 0.1) is 5.51 Å². The summed E-state index contributed by atoms with van der Waals surface area (Å²) in [5, 5.41) is 0. The number of nitrogens with zero attached hydrogens (tertiary/aromatic N) is 1. The molecular weight excluding hydrogens is 218 g/mol. The van der Waals surface area contributed by atoms with E-state index < -0.39 is 0 Å². The Hall–Kier alpha value is -1.48. The minimum atomic E-state index is 0.244. The predicted octanol–water partition coefficient (Wildman–Crippen LogP) is 2.81. The van der Waals surface area contributed by atoms with Gasteiger partial charge in [-0.3, -0.25) is 9.78 Å². The number of hydrogen-bond acceptors (Lipinski definition) is 3. The highest BCUT2D eigenvalue weighted by Crippen LogP contribution is 2.10. The van der Waals surface area contributed by atoms with E-state index in [0.717, 1.165) is 10.4 Å². The molecule has 0 saturated heterocycles. The second-order valence-electron chi connectivity index (χ2n) is 3.85. The Balaban J connectivity index is 1.95. The number of Topliss-reactive ketones (excluding diaryl/α,β-unsaturated/α-hetero) is 1. The van der Waals surface area contributed by atoms with Crippen LogP contribution < -0.4 is 0 Å². The minimum Gasteiger partial charge on any atom is -0.299 e. The summed E-state index contributed by atoms with van der Waals surface area (Å²) in [5.41, 5.74) is 4.06. The SMILES string of the molecule is Cc1ccc(CC(=O)Cc2cncs2)cc1. The molecule has 0 spiro atoms. The molecule has 0 bridgehead atoms. The standard InChI is InChI=1S/C13H13NOS/c1-10-2-4-11(5-3-10)6-12(15)7-13-8-14-9-16-13/h2-5,8-9H,6-7H2,1H3. The van der Waals surface area contributed by atoms with E-state index in [1.807, 2.05) is 31.2 Å². The lowest BCUT2D eigenvalue weighted by Crippen LogP contribution is -2.05. The van der Waals surface area contributed by atoms with Gasteiger partial charge in [0, 0.05) is 23.9 Å². The van der Waals surface area contributed by atoms with E-state index in [0.29, 0.717) is 12.8 Å². The molecule has 2 nitrogen and oxygen atoms in total. The Bertz CT molecular complexity index is 459. The minimum absolute atomic E-state index is 0.244. The number of benzene rings is 1. The molecule has 0 aliphatic rings. The number of carbonyl (C=O) groups excluding carboxylic acids is 1. The van der Waals surface area contributed by atoms with Crippen LogP contribution in [0.2, 0.25) is 0 Å². The first-order valence-electron chi connectivity index (χ1n) is 5.18. The molecule has 0 aliphatic carbocycles. The summed E-state index contributed by atoms with van der Waals surface area (Å²) in [6, 6.07) is 8.10. The first kappa shape index (κ1) is 11.0. The van der Waals surface area contributed by atoms with Gasteiger partial charge in [0.15, 0.2) is 0 Å². The highest BCUT2D eigenvalue weighted by atomic mass is 32.1. The molecule has 3 heteroatoms. The van der Waals surface area contributed by atoms with Gasteiger partial charge >= 0.3 is 0 Å². The molecule has 0 amide bonds. The summed E-state index contributed by atoms with van der Waals surface area (Å²) < 4.78 is 0. The maximum Gasteiger partial charge on any atom is 0.142 e. The van der Waals surface area contributed by atoms with Crippen LogP contribution in [0.1, 0.15) is 16.0 Å². The van der Waals surface area contributed by atoms with Gasteiger partial charge in [0.25, 0.3) is 0 Å². The number of aryl methyl sites for hydroxylation is 1. The van der Waals surface area contributed by atoms with Crippen LogP contribution in [-0.4, -0.2) is 10.8 Å². The number of ketones is 1. The summed E-state index contributed by atoms with van der Waals surface area (Å²) in [7, 11) is 0. The fourth-order valence-corrected chi connectivity index (χ4v) is 2.14. The van der Waals surface area contributed by atoms with Crippen LogP contribution in [0, 0.1) is 6.92 Å². The van der Waals surface area contributed by atoms with Crippen molar-refractivity contribution in [3.05, 3.63) is 52.0 Å². The van der Waals surface area contributed by atoms with Crippen LogP contribution in [-0.2, 0) is 17.6 Å². The van der Waals surface area contributed by atoms with E-state index in [2.05, 4.69) is 4.98 Å². The molecule has 16 heavy (non-hydrogen) atoms. The normalized spacial score (nSPS) is 10.3. The second-order valence-corrected chi connectivity index (χ2v) is 4.82. The highest BCUT2D eigenvalue weighted by Gasteiger charge is 2.06. The fraction of sp³-hybridized carbons (Fsp3) is 0.231. The third-order valence-corrected chi connectivity index (χ3v) is 3.16. The molecule has 82 valence electrons. The van der Waals surface area contributed by atoms with Crippen LogP contribution >= 0.6 is 11.3 Å². The first-order chi connectivity index (χ1) is 7.74. The van der Waals surface area contributed by atoms with E-state index in [4.69, 9.17) is 0 Å². The zero-order valence-corrected chi connectivity index (χ0v) is 9.96. The van der Waals surface area contributed by atoms with Crippen molar-refractivity contribution in [3.63, 3.8) is 0 Å². The Labute approximate surface area is 99.0 Å². The van der Waals surface area contributed by atoms with Crippen LogP contribution in [0.3, 0.4) is 0 Å². The second kappa shape index (κ2) is 5.03. The Kier molecular flexibility index (Phi) is 3.47. The van der Waals surface area contributed by atoms with E-state index >= 15 is 0 Å². The van der Waals surface area contributed by atoms with E-state index in [1.165, 1.54) is 16.9 Å². The molecular formula is C13H13NOS. The quantitative estimate of drug-likeness (QED) is 0.810. The van der Waals surface area contributed by atoms with E-state index in [-0.39, 0.29) is 5.78 Å². The van der Waals surface area contributed by atoms with Gasteiger partial charge in [-0.1, -0.05) is 29.8 Å². The van der Waals surface area contributed by atoms with Gasteiger partial charge in [-0.05, 0) is 12.5 Å². The number of hydrogen-bond donors (Lipinski definition) is 0. The highest BCUT2D eigenvalue weighted by molar-refractivity contribution is 7.09. The molecule has 0 unspecified atom stereocenters. The monoisotopic (exact) mass is 231 g/mol. The van der Waals surface area contributed by atoms with Crippen LogP contribution in [0.25, 0.3) is 0 Å². The zero-order chi connectivity index (χ0) is 11.4. The van der Waals surface area contributed by atoms with E-state index in [9.17, 15) is 4.79 Å². The number of carbonyl (C=O) groups is 1. The molecule has 1 aromatic heterocycles. The Morgan fingerprint density at radius 3 is 2.62 bits per heavy atom. The van der Waals surface area contributed by atoms with Crippen molar-refractivity contribution in [2.75, 3.05) is 0 Å². The first-order valence-corrected chi connectivity index (χ1v) is 6.06. The van der Waals surface area contributed by atoms with Crippen molar-refractivity contribution in [1.29, 1.82) is 0 Å². The average molecular weight is 231 g/mol. The lowest BCUT2D eigenvalue weighted by atomic mass is 10.1. The van der Waals surface area contributed by atoms with Gasteiger partial charge in [-0.2, -0.15) is 0 Å². The maximum absolute atomic E-state index is 11.7. The van der Waals surface area contributed by atoms with Crippen LogP contribution in [0.5, 0.6) is 0 Å². The Morgan fingerprint density at radius 2 is 2.00 bits per heavy atom. The third-order valence-electron chi connectivity index (χ3n) is 2.38. The van der Waals surface area contributed by atoms with Gasteiger partial charge in [0.2, 0.25) is 0 Å². The molecule has 2 rings (SSSR count). The smallest absolute Gasteiger partial charge is 0.142 e. The average Bonchev–Trinajstić information content (AvgIpc) is 2.74. The molecule has 1 aromatic carbocycles. The largest absolute Gasteiger partial charge is 0.299 e. The lowest BCUT2D eigenvalue weighted by molar-refractivity contribution is -0.117. The summed E-state index contributed by atoms with van der Waals surface area (Å²) in [4.78, 5) is 16.7. The molecule has 0 N–H and O–H groups in total. The zero-order valence-electron chi connectivity index (χ0n) is 9.14. The van der Waals surface area contributed by atoms with Gasteiger partial charge < -0.3 is 0 Å². The Morgan fingerprint density at radius 1 is 1.25 bits per heavy atom. The van der Waals surface area contributed by atoms with Crippen molar-refractivity contribution in [2.45, 2.75) is 19.8 Å². The number of thiazole rings is 1. The van der Waals surface area contributed by atoms with Crippen LogP contribution in [0.15, 0.2) is 36.0 Å². The number of rotatable bonds is 4. The summed E-state index contributed by atoms with van der Waals surface area (Å²) in [6.07, 6.45) is 2.77. The van der Waals surface area contributed by atoms with Crippen molar-refractivity contribution in [3.8, 4) is 0 Å². The lowest BCUT2D eigenvalue weighted by Gasteiger charge is -2.00. The molecule has 0 radical (unpaired) electrons. The topological polar surface area (TPSA) is 30.0 Å². The molecule has 1 heterocycles. The van der Waals surface area contributed by atoms with Crippen molar-refractivity contribution >= 4 is 17.1 Å². The molecule has 0 atom stereocenters. The van der Waals surface area contributed by atoms with E-state index in [1.54, 1.807) is 11.7 Å². The fourth-order valence-electron chi connectivity index (χ4n) is 1.52. The summed E-state index contributed by atoms with van der Waals surface area (Å²) in [5.74, 6) is 0.244. The molecule has 2 aromatic rings. The third kappa shape index (κ3) is 3.00. The van der Waals surface area contributed by atoms with Crippen molar-refractivity contribution < 1.29 is 4.79 Å². The molecule has 0 saturated carbocycles. The van der Waals surface area contributed by atoms with Gasteiger partial charge in [-0.25, -0.2) is 0 Å². The summed E-state index contributed by atoms with van der Waals surface area (Å²) >= 11 is 1.53. The number of aromatic nitrogens is 1. The van der Waals surface area contributed by atoms with Crippen molar-refractivity contribution in [2.24, 2.45) is 0 Å². The van der Waals surface area contributed by atoms with Gasteiger partial charge in [0.1, 0.15) is 5.78 Å². The maximum atomic E-state index is 11.7. The summed E-state index contributed by atoms with van der Waals surface area (Å²) in [6.45, 7) is 2.04. The predicted molar refractivity (Wildman–Crippen MR) is 65.7 cm³/mol.